The van der Waals surface area contributed by atoms with Gasteiger partial charge >= 0.3 is 12.2 Å². The number of likely N-dealkylation sites (tertiary alicyclic amines) is 1. The number of urea groups is 1. The van der Waals surface area contributed by atoms with Crippen LogP contribution in [0.15, 0.2) is 18.2 Å². The average molecular weight is 675 g/mol. The van der Waals surface area contributed by atoms with Crippen molar-refractivity contribution in [2.24, 2.45) is 0 Å². The third kappa shape index (κ3) is 10.9. The molecule has 0 bridgehead atoms. The van der Waals surface area contributed by atoms with Gasteiger partial charge in [-0.25, -0.2) is 4.79 Å². The minimum atomic E-state index is -4.60. The fourth-order valence-corrected chi connectivity index (χ4v) is 7.70. The van der Waals surface area contributed by atoms with Crippen molar-refractivity contribution < 1.29 is 32.3 Å². The number of amides is 5. The normalized spacial score (nSPS) is 22.8. The van der Waals surface area contributed by atoms with E-state index < -0.39 is 11.7 Å². The van der Waals surface area contributed by atoms with Gasteiger partial charge < -0.3 is 31.5 Å². The number of thioether (sulfide) groups is 1. The molecule has 3 fully saturated rings. The molecule has 250 valence electrons. The van der Waals surface area contributed by atoms with E-state index in [1.165, 1.54) is 6.07 Å². The van der Waals surface area contributed by atoms with Crippen LogP contribution in [-0.2, 0) is 20.6 Å². The number of nitrogens with zero attached hydrogens (tertiary/aromatic N) is 1. The second kappa shape index (κ2) is 16.6. The van der Waals surface area contributed by atoms with Gasteiger partial charge in [0.25, 0.3) is 0 Å². The Labute approximate surface area is 270 Å². The largest absolute Gasteiger partial charge is 0.416 e. The zero-order valence-corrected chi connectivity index (χ0v) is 26.7. The van der Waals surface area contributed by atoms with Gasteiger partial charge in [-0.15, -0.1) is 11.6 Å². The minimum Gasteiger partial charge on any atom is -0.380 e. The molecular formula is C30H42ClF3N6O4S. The number of hydrogen-bond donors (Lipinski definition) is 5. The zero-order chi connectivity index (χ0) is 32.4. The van der Waals surface area contributed by atoms with Crippen LogP contribution in [0.3, 0.4) is 0 Å². The van der Waals surface area contributed by atoms with Crippen molar-refractivity contribution in [3.05, 3.63) is 23.8 Å². The number of piperidine rings is 1. The molecule has 4 atom stereocenters. The van der Waals surface area contributed by atoms with Crippen LogP contribution in [0.2, 0.25) is 0 Å². The van der Waals surface area contributed by atoms with Gasteiger partial charge in [-0.3, -0.25) is 14.4 Å². The smallest absolute Gasteiger partial charge is 0.380 e. The number of nitrogens with one attached hydrogen (secondary N) is 5. The van der Waals surface area contributed by atoms with Crippen LogP contribution in [-0.4, -0.2) is 83.3 Å². The fourth-order valence-electron chi connectivity index (χ4n) is 5.99. The average Bonchev–Trinajstić information content (AvgIpc) is 3.55. The maximum atomic E-state index is 13.6. The van der Waals surface area contributed by atoms with Crippen molar-refractivity contribution in [1.82, 2.24) is 20.9 Å². The predicted molar refractivity (Wildman–Crippen MR) is 169 cm³/mol. The molecule has 0 aromatic heterocycles. The highest BCUT2D eigenvalue weighted by atomic mass is 35.5. The van der Waals surface area contributed by atoms with Crippen molar-refractivity contribution in [2.45, 2.75) is 93.8 Å². The summed E-state index contributed by atoms with van der Waals surface area (Å²) in [5, 5.41) is 14.9. The van der Waals surface area contributed by atoms with Crippen molar-refractivity contribution in [3.63, 3.8) is 0 Å². The van der Waals surface area contributed by atoms with Crippen LogP contribution < -0.4 is 26.6 Å². The Morgan fingerprint density at radius 2 is 1.76 bits per heavy atom. The molecule has 1 aromatic carbocycles. The third-order valence-corrected chi connectivity index (χ3v) is 10.0. The lowest BCUT2D eigenvalue weighted by Gasteiger charge is -2.33. The van der Waals surface area contributed by atoms with Crippen LogP contribution in [0.25, 0.3) is 0 Å². The molecule has 4 rings (SSSR count). The molecule has 0 unspecified atom stereocenters. The van der Waals surface area contributed by atoms with Gasteiger partial charge in [-0.05, 0) is 56.7 Å². The van der Waals surface area contributed by atoms with Gasteiger partial charge in [0.05, 0.1) is 17.6 Å². The summed E-state index contributed by atoms with van der Waals surface area (Å²) < 4.78 is 40.8. The number of hydrogen-bond acceptors (Lipinski definition) is 6. The van der Waals surface area contributed by atoms with E-state index in [1.807, 2.05) is 11.8 Å². The highest BCUT2D eigenvalue weighted by molar-refractivity contribution is 8.00. The molecule has 5 amide bonds. The molecule has 0 radical (unpaired) electrons. The quantitative estimate of drug-likeness (QED) is 0.104. The monoisotopic (exact) mass is 674 g/mol. The lowest BCUT2D eigenvalue weighted by Crippen LogP contribution is -2.45. The number of rotatable bonds is 15. The van der Waals surface area contributed by atoms with Gasteiger partial charge in [0.1, 0.15) is 5.88 Å². The Bertz CT molecular complexity index is 1210. The van der Waals surface area contributed by atoms with Crippen molar-refractivity contribution in [3.8, 4) is 0 Å². The summed E-state index contributed by atoms with van der Waals surface area (Å²) in [5.41, 5.74) is -0.620. The summed E-state index contributed by atoms with van der Waals surface area (Å²) in [7, 11) is 0. The number of halogens is 4. The Kier molecular flexibility index (Phi) is 12.9. The van der Waals surface area contributed by atoms with E-state index >= 15 is 0 Å². The number of anilines is 2. The molecule has 3 aliphatic rings. The van der Waals surface area contributed by atoms with Crippen LogP contribution in [0.5, 0.6) is 0 Å². The molecule has 10 nitrogen and oxygen atoms in total. The van der Waals surface area contributed by atoms with Gasteiger partial charge in [0.2, 0.25) is 17.7 Å². The Balaban J connectivity index is 1.11. The topological polar surface area (TPSA) is 132 Å². The summed E-state index contributed by atoms with van der Waals surface area (Å²) >= 11 is 7.52. The summed E-state index contributed by atoms with van der Waals surface area (Å²) in [4.78, 5) is 49.7. The van der Waals surface area contributed by atoms with E-state index in [9.17, 15) is 32.3 Å². The molecule has 3 aliphatic heterocycles. The highest BCUT2D eigenvalue weighted by Gasteiger charge is 2.42. The van der Waals surface area contributed by atoms with Crippen molar-refractivity contribution in [1.29, 1.82) is 0 Å². The summed E-state index contributed by atoms with van der Waals surface area (Å²) in [6, 6.07) is 3.42. The molecule has 1 aromatic rings. The Hall–Kier alpha value is -2.87. The third-order valence-electron chi connectivity index (χ3n) is 8.29. The molecule has 0 saturated carbocycles. The first kappa shape index (κ1) is 35.0. The Morgan fingerprint density at radius 3 is 2.53 bits per heavy atom. The second-order valence-electron chi connectivity index (χ2n) is 11.8. The van der Waals surface area contributed by atoms with Crippen LogP contribution in [0.1, 0.15) is 69.8 Å². The fraction of sp³-hybridized carbons (Fsp3) is 0.667. The molecule has 3 heterocycles. The molecule has 3 saturated heterocycles. The first-order valence-electron chi connectivity index (χ1n) is 15.6. The second-order valence-corrected chi connectivity index (χ2v) is 13.4. The SMILES string of the molecule is O=C(CCCC[C@@H]1SC[C@@H]2NC(=O)N[C@@H]21)NCCCCCC(=O)Nc1cc(N[C@@H]2CCCN(C(=O)CCl)C2)cc(C(F)(F)F)c1. The highest BCUT2D eigenvalue weighted by Crippen LogP contribution is 2.35. The maximum Gasteiger partial charge on any atom is 0.416 e. The van der Waals surface area contributed by atoms with E-state index in [2.05, 4.69) is 26.6 Å². The van der Waals surface area contributed by atoms with Gasteiger partial charge in [0.15, 0.2) is 0 Å². The number of alkyl halides is 4. The standard InChI is InChI=1S/C30H42ClF3N6O4S/c31-16-27(43)40-12-6-7-20(17-40)36-21-13-19(30(32,33)34)14-22(15-21)37-26(42)10-2-1-5-11-35-25(41)9-4-3-8-24-28-23(18-45-24)38-29(44)39-28/h13-15,20,23-24,28,36H,1-12,16-18H2,(H,35,41)(H,37,42)(H2,38,39,44)/t20-,23+,24+,28+/m1/s1. The molecule has 15 heteroatoms. The van der Waals surface area contributed by atoms with E-state index in [-0.39, 0.29) is 65.6 Å². The summed E-state index contributed by atoms with van der Waals surface area (Å²) in [5.74, 6) is 0.150. The molecular weight excluding hydrogens is 633 g/mol. The van der Waals surface area contributed by atoms with Crippen LogP contribution in [0.4, 0.5) is 29.3 Å². The summed E-state index contributed by atoms with van der Waals surface area (Å²) in [6.45, 7) is 1.39. The number of fused-ring (bicyclic) bond motifs is 1. The van der Waals surface area contributed by atoms with Gasteiger partial charge in [0, 0.05) is 60.9 Å². The van der Waals surface area contributed by atoms with E-state index in [0.29, 0.717) is 63.4 Å². The van der Waals surface area contributed by atoms with E-state index in [0.717, 1.165) is 37.1 Å². The molecule has 0 aliphatic carbocycles. The predicted octanol–water partition coefficient (Wildman–Crippen LogP) is 4.69. The number of carbonyl (C=O) groups is 4. The summed E-state index contributed by atoms with van der Waals surface area (Å²) in [6.07, 6.45) is 1.93. The number of carbonyl (C=O) groups excluding carboxylic acids is 4. The lowest BCUT2D eigenvalue weighted by atomic mass is 10.0. The van der Waals surface area contributed by atoms with Gasteiger partial charge in [-0.1, -0.05) is 12.8 Å². The van der Waals surface area contributed by atoms with E-state index in [4.69, 9.17) is 11.6 Å². The maximum absolute atomic E-state index is 13.6. The lowest BCUT2D eigenvalue weighted by molar-refractivity contribution is -0.137. The Morgan fingerprint density at radius 1 is 1.00 bits per heavy atom. The molecule has 45 heavy (non-hydrogen) atoms. The van der Waals surface area contributed by atoms with Crippen LogP contribution in [0, 0.1) is 0 Å². The first-order chi connectivity index (χ1) is 21.5. The number of benzene rings is 1. The first-order valence-corrected chi connectivity index (χ1v) is 17.2. The number of unbranched alkanes of at least 4 members (excludes halogenated alkanes) is 3. The molecule has 0 spiro atoms. The minimum absolute atomic E-state index is 0.0129. The molecule has 5 N–H and O–H groups in total. The van der Waals surface area contributed by atoms with Crippen molar-refractivity contribution in [2.75, 3.05) is 41.9 Å². The van der Waals surface area contributed by atoms with E-state index in [1.54, 1.807) is 4.90 Å². The van der Waals surface area contributed by atoms with Crippen molar-refractivity contribution >= 4 is 58.5 Å². The van der Waals surface area contributed by atoms with Crippen LogP contribution >= 0.6 is 23.4 Å². The van der Waals surface area contributed by atoms with Gasteiger partial charge in [-0.2, -0.15) is 24.9 Å². The zero-order valence-electron chi connectivity index (χ0n) is 25.1.